The third-order valence-electron chi connectivity index (χ3n) is 3.09. The third-order valence-corrected chi connectivity index (χ3v) is 4.84. The number of nitrogens with zero attached hydrogens (tertiary/aromatic N) is 1. The zero-order chi connectivity index (χ0) is 14.1. The number of thiophene rings is 1. The van der Waals surface area contributed by atoms with Crippen molar-refractivity contribution < 1.29 is 4.52 Å². The molecule has 1 aromatic carbocycles. The first kappa shape index (κ1) is 13.4. The summed E-state index contributed by atoms with van der Waals surface area (Å²) in [5, 5.41) is 3.92. The first-order valence-corrected chi connectivity index (χ1v) is 7.90. The van der Waals surface area contributed by atoms with Gasteiger partial charge in [-0.3, -0.25) is 0 Å². The quantitative estimate of drug-likeness (QED) is 0.726. The Kier molecular flexibility index (Phi) is 3.63. The predicted octanol–water partition coefficient (Wildman–Crippen LogP) is 4.98. The lowest BCUT2D eigenvalue weighted by Gasteiger charge is -2.01. The fourth-order valence-electron chi connectivity index (χ4n) is 2.06. The summed E-state index contributed by atoms with van der Waals surface area (Å²) >= 11 is 5.15. The average molecular weight is 349 g/mol. The molecule has 3 nitrogen and oxygen atoms in total. The number of halogens is 1. The van der Waals surface area contributed by atoms with Crippen LogP contribution in [0.5, 0.6) is 0 Å². The second-order valence-corrected chi connectivity index (χ2v) is 6.48. The molecule has 0 aliphatic heterocycles. The van der Waals surface area contributed by atoms with Crippen LogP contribution in [-0.2, 0) is 6.42 Å². The van der Waals surface area contributed by atoms with Crippen molar-refractivity contribution in [1.82, 2.24) is 5.16 Å². The van der Waals surface area contributed by atoms with Gasteiger partial charge in [-0.25, -0.2) is 0 Å². The molecule has 0 unspecified atom stereocenters. The maximum absolute atomic E-state index is 5.98. The Morgan fingerprint density at radius 3 is 2.60 bits per heavy atom. The predicted molar refractivity (Wildman–Crippen MR) is 86.7 cm³/mol. The van der Waals surface area contributed by atoms with Crippen molar-refractivity contribution in [2.24, 2.45) is 0 Å². The summed E-state index contributed by atoms with van der Waals surface area (Å²) < 4.78 is 6.48. The van der Waals surface area contributed by atoms with Gasteiger partial charge in [0.05, 0.1) is 10.4 Å². The van der Waals surface area contributed by atoms with Crippen molar-refractivity contribution in [2.75, 3.05) is 5.73 Å². The summed E-state index contributed by atoms with van der Waals surface area (Å²) in [6.07, 6.45) is 1.02. The van der Waals surface area contributed by atoms with E-state index < -0.39 is 0 Å². The summed E-state index contributed by atoms with van der Waals surface area (Å²) in [6.45, 7) is 2.14. The third kappa shape index (κ3) is 2.39. The SMILES string of the molecule is CCc1ccc(-c2onc(N)c2-c2ccc(Br)cc2)s1. The lowest BCUT2D eigenvalue weighted by atomic mass is 10.1. The Hall–Kier alpha value is -1.59. The molecule has 3 aromatic rings. The van der Waals surface area contributed by atoms with E-state index in [1.807, 2.05) is 24.3 Å². The summed E-state index contributed by atoms with van der Waals surface area (Å²) in [5.41, 5.74) is 7.85. The van der Waals surface area contributed by atoms with Crippen LogP contribution < -0.4 is 5.73 Å². The molecule has 2 heterocycles. The maximum atomic E-state index is 5.98. The molecule has 0 aliphatic rings. The summed E-state index contributed by atoms with van der Waals surface area (Å²) in [6, 6.07) is 12.2. The van der Waals surface area contributed by atoms with Crippen LogP contribution in [0.25, 0.3) is 21.8 Å². The highest BCUT2D eigenvalue weighted by Crippen LogP contribution is 2.39. The van der Waals surface area contributed by atoms with Crippen molar-refractivity contribution in [3.63, 3.8) is 0 Å². The van der Waals surface area contributed by atoms with Gasteiger partial charge in [0.25, 0.3) is 0 Å². The van der Waals surface area contributed by atoms with Gasteiger partial charge < -0.3 is 10.3 Å². The molecule has 0 spiro atoms. The molecule has 0 radical (unpaired) electrons. The van der Waals surface area contributed by atoms with Gasteiger partial charge in [0.2, 0.25) is 0 Å². The molecule has 0 bridgehead atoms. The number of benzene rings is 1. The van der Waals surface area contributed by atoms with Gasteiger partial charge in [-0.1, -0.05) is 40.1 Å². The lowest BCUT2D eigenvalue weighted by molar-refractivity contribution is 0.437. The molecular weight excluding hydrogens is 336 g/mol. The van der Waals surface area contributed by atoms with Crippen LogP contribution in [-0.4, -0.2) is 5.16 Å². The number of rotatable bonds is 3. The Morgan fingerprint density at radius 2 is 1.95 bits per heavy atom. The normalized spacial score (nSPS) is 10.9. The largest absolute Gasteiger partial charge is 0.380 e. The molecule has 2 N–H and O–H groups in total. The van der Waals surface area contributed by atoms with Gasteiger partial charge in [-0.15, -0.1) is 11.3 Å². The van der Waals surface area contributed by atoms with E-state index >= 15 is 0 Å². The minimum absolute atomic E-state index is 0.425. The molecule has 0 fully saturated rings. The molecule has 0 aliphatic carbocycles. The smallest absolute Gasteiger partial charge is 0.186 e. The average Bonchev–Trinajstić information content (AvgIpc) is 3.06. The van der Waals surface area contributed by atoms with Crippen LogP contribution in [0.2, 0.25) is 0 Å². The minimum atomic E-state index is 0.425. The standard InChI is InChI=1S/C15H13BrN2OS/c1-2-11-7-8-12(20-11)14-13(15(17)18-19-14)9-3-5-10(16)6-4-9/h3-8H,2H2,1H3,(H2,17,18). The van der Waals surface area contributed by atoms with Crippen LogP contribution in [0, 0.1) is 0 Å². The molecule has 102 valence electrons. The second kappa shape index (κ2) is 5.42. The number of aromatic nitrogens is 1. The van der Waals surface area contributed by atoms with Crippen LogP contribution in [0.1, 0.15) is 11.8 Å². The fourth-order valence-corrected chi connectivity index (χ4v) is 3.25. The number of hydrogen-bond donors (Lipinski definition) is 1. The zero-order valence-corrected chi connectivity index (χ0v) is 13.3. The van der Waals surface area contributed by atoms with Gasteiger partial charge in [-0.05, 0) is 36.2 Å². The lowest BCUT2D eigenvalue weighted by Crippen LogP contribution is -1.88. The van der Waals surface area contributed by atoms with E-state index in [0.717, 1.165) is 32.7 Å². The summed E-state index contributed by atoms with van der Waals surface area (Å²) in [4.78, 5) is 2.38. The zero-order valence-electron chi connectivity index (χ0n) is 10.9. The Balaban J connectivity index is 2.11. The number of nitrogen functional groups attached to an aromatic ring is 1. The van der Waals surface area contributed by atoms with Crippen molar-refractivity contribution in [1.29, 1.82) is 0 Å². The van der Waals surface area contributed by atoms with Crippen molar-refractivity contribution >= 4 is 33.1 Å². The molecule has 0 amide bonds. The Morgan fingerprint density at radius 1 is 1.20 bits per heavy atom. The minimum Gasteiger partial charge on any atom is -0.380 e. The van der Waals surface area contributed by atoms with Gasteiger partial charge in [0, 0.05) is 9.35 Å². The highest BCUT2D eigenvalue weighted by molar-refractivity contribution is 9.10. The molecule has 0 atom stereocenters. The van der Waals surface area contributed by atoms with E-state index in [1.54, 1.807) is 11.3 Å². The topological polar surface area (TPSA) is 52.0 Å². The maximum Gasteiger partial charge on any atom is 0.186 e. The van der Waals surface area contributed by atoms with Crippen molar-refractivity contribution in [2.45, 2.75) is 13.3 Å². The number of nitrogens with two attached hydrogens (primary N) is 1. The monoisotopic (exact) mass is 348 g/mol. The first-order chi connectivity index (χ1) is 9.69. The fraction of sp³-hybridized carbons (Fsp3) is 0.133. The van der Waals surface area contributed by atoms with Crippen molar-refractivity contribution in [3.8, 4) is 21.8 Å². The van der Waals surface area contributed by atoms with Gasteiger partial charge in [-0.2, -0.15) is 0 Å². The highest BCUT2D eigenvalue weighted by Gasteiger charge is 2.18. The molecule has 0 saturated carbocycles. The number of hydrogen-bond acceptors (Lipinski definition) is 4. The van der Waals surface area contributed by atoms with E-state index in [4.69, 9.17) is 10.3 Å². The van der Waals surface area contributed by atoms with E-state index in [1.165, 1.54) is 4.88 Å². The van der Waals surface area contributed by atoms with Crippen LogP contribution in [0.15, 0.2) is 45.4 Å². The second-order valence-electron chi connectivity index (χ2n) is 4.40. The van der Waals surface area contributed by atoms with Crippen molar-refractivity contribution in [3.05, 3.63) is 45.7 Å². The van der Waals surface area contributed by atoms with E-state index in [0.29, 0.717) is 5.82 Å². The molecule has 20 heavy (non-hydrogen) atoms. The molecular formula is C15H13BrN2OS. The van der Waals surface area contributed by atoms with E-state index in [-0.39, 0.29) is 0 Å². The summed E-state index contributed by atoms with van der Waals surface area (Å²) in [5.74, 6) is 1.17. The van der Waals surface area contributed by atoms with Gasteiger partial charge in [0.15, 0.2) is 11.6 Å². The first-order valence-electron chi connectivity index (χ1n) is 6.29. The van der Waals surface area contributed by atoms with Crippen LogP contribution in [0.3, 0.4) is 0 Å². The molecule has 3 rings (SSSR count). The van der Waals surface area contributed by atoms with E-state index in [9.17, 15) is 0 Å². The number of anilines is 1. The molecule has 0 saturated heterocycles. The van der Waals surface area contributed by atoms with Gasteiger partial charge in [0.1, 0.15) is 0 Å². The number of aryl methyl sites for hydroxylation is 1. The molecule has 5 heteroatoms. The van der Waals surface area contributed by atoms with Crippen LogP contribution in [0.4, 0.5) is 5.82 Å². The molecule has 2 aromatic heterocycles. The van der Waals surface area contributed by atoms with Crippen LogP contribution >= 0.6 is 27.3 Å². The highest BCUT2D eigenvalue weighted by atomic mass is 79.9. The summed E-state index contributed by atoms with van der Waals surface area (Å²) in [7, 11) is 0. The Bertz CT molecular complexity index is 731. The Labute approximate surface area is 129 Å². The van der Waals surface area contributed by atoms with E-state index in [2.05, 4.69) is 40.1 Å². The van der Waals surface area contributed by atoms with Gasteiger partial charge >= 0.3 is 0 Å².